The van der Waals surface area contributed by atoms with Crippen molar-refractivity contribution in [3.8, 4) is 5.75 Å². The Kier molecular flexibility index (Phi) is 8.36. The summed E-state index contributed by atoms with van der Waals surface area (Å²) in [5, 5.41) is 2.94. The van der Waals surface area contributed by atoms with E-state index in [1.165, 1.54) is 0 Å². The minimum atomic E-state index is -0.0903. The summed E-state index contributed by atoms with van der Waals surface area (Å²) in [6, 6.07) is 5.17. The van der Waals surface area contributed by atoms with Gasteiger partial charge >= 0.3 is 0 Å². The molecule has 0 fully saturated rings. The molecule has 0 spiro atoms. The molecule has 0 aliphatic rings. The van der Waals surface area contributed by atoms with Crippen molar-refractivity contribution in [1.82, 2.24) is 10.2 Å². The van der Waals surface area contributed by atoms with Crippen LogP contribution in [0.1, 0.15) is 44.0 Å². The highest BCUT2D eigenvalue weighted by molar-refractivity contribution is 5.95. The molecule has 0 aliphatic heterocycles. The summed E-state index contributed by atoms with van der Waals surface area (Å²) < 4.78 is 5.63. The van der Waals surface area contributed by atoms with E-state index in [1.807, 2.05) is 0 Å². The van der Waals surface area contributed by atoms with Gasteiger partial charge in [0, 0.05) is 18.7 Å². The van der Waals surface area contributed by atoms with Crippen LogP contribution in [0.4, 0.5) is 5.69 Å². The molecule has 0 saturated heterocycles. The highest BCUT2D eigenvalue weighted by Gasteiger charge is 2.09. The predicted octanol–water partition coefficient (Wildman–Crippen LogP) is 2.52. The summed E-state index contributed by atoms with van der Waals surface area (Å²) in [4.78, 5) is 14.4. The Morgan fingerprint density at radius 1 is 1.27 bits per heavy atom. The number of nitrogen functional groups attached to an aromatic ring is 1. The monoisotopic (exact) mass is 307 g/mol. The summed E-state index contributed by atoms with van der Waals surface area (Å²) in [6.07, 6.45) is 2.03. The molecule has 0 aliphatic carbocycles. The van der Waals surface area contributed by atoms with Gasteiger partial charge in [-0.1, -0.05) is 27.2 Å². The fraction of sp³-hybridized carbons (Fsp3) is 0.588. The van der Waals surface area contributed by atoms with Gasteiger partial charge in [0.15, 0.2) is 0 Å². The van der Waals surface area contributed by atoms with Gasteiger partial charge in [-0.15, -0.1) is 0 Å². The third-order valence-corrected chi connectivity index (χ3v) is 3.64. The summed E-state index contributed by atoms with van der Waals surface area (Å²) >= 11 is 0. The smallest absolute Gasteiger partial charge is 0.251 e. The highest BCUT2D eigenvalue weighted by atomic mass is 16.5. The van der Waals surface area contributed by atoms with Crippen LogP contribution >= 0.6 is 0 Å². The summed E-state index contributed by atoms with van der Waals surface area (Å²) in [7, 11) is 0. The van der Waals surface area contributed by atoms with E-state index in [0.29, 0.717) is 30.2 Å². The van der Waals surface area contributed by atoms with E-state index < -0.39 is 0 Å². The molecule has 5 nitrogen and oxygen atoms in total. The van der Waals surface area contributed by atoms with Gasteiger partial charge in [-0.3, -0.25) is 4.79 Å². The summed E-state index contributed by atoms with van der Waals surface area (Å²) in [5.41, 5.74) is 7.03. The van der Waals surface area contributed by atoms with Crippen molar-refractivity contribution in [3.63, 3.8) is 0 Å². The van der Waals surface area contributed by atoms with Crippen molar-refractivity contribution in [1.29, 1.82) is 0 Å². The number of carbonyl (C=O) groups is 1. The first-order valence-corrected chi connectivity index (χ1v) is 8.15. The van der Waals surface area contributed by atoms with E-state index in [0.717, 1.165) is 32.5 Å². The maximum Gasteiger partial charge on any atom is 0.251 e. The minimum absolute atomic E-state index is 0.0903. The zero-order valence-electron chi connectivity index (χ0n) is 14.0. The molecule has 0 bridgehead atoms. The molecule has 5 heteroatoms. The first kappa shape index (κ1) is 18.3. The molecule has 124 valence electrons. The number of anilines is 1. The van der Waals surface area contributed by atoms with Gasteiger partial charge in [0.05, 0.1) is 12.3 Å². The molecule has 3 N–H and O–H groups in total. The minimum Gasteiger partial charge on any atom is -0.491 e. The molecule has 1 amide bonds. The second kappa shape index (κ2) is 10.1. The number of likely N-dealkylation sites (N-methyl/N-ethyl adjacent to an activating group) is 1. The SMILES string of the molecule is CCCCOc1cc(C(=O)NCCN(CC)CC)ccc1N. The molecule has 0 saturated carbocycles. The average Bonchev–Trinajstić information content (AvgIpc) is 2.53. The Hall–Kier alpha value is -1.75. The molecule has 1 aromatic rings. The second-order valence-electron chi connectivity index (χ2n) is 5.24. The molecule has 0 heterocycles. The number of carbonyl (C=O) groups excluding carboxylic acids is 1. The molecule has 1 aromatic carbocycles. The summed E-state index contributed by atoms with van der Waals surface area (Å²) in [6.45, 7) is 10.4. The van der Waals surface area contributed by atoms with Crippen LogP contribution in [-0.4, -0.2) is 43.6 Å². The number of nitrogens with one attached hydrogen (secondary N) is 1. The van der Waals surface area contributed by atoms with Gasteiger partial charge in [-0.2, -0.15) is 0 Å². The maximum atomic E-state index is 12.2. The Morgan fingerprint density at radius 2 is 2.00 bits per heavy atom. The van der Waals surface area contributed by atoms with E-state index >= 15 is 0 Å². The quantitative estimate of drug-likeness (QED) is 0.515. The topological polar surface area (TPSA) is 67.6 Å². The van der Waals surface area contributed by atoms with Crippen LogP contribution in [0.2, 0.25) is 0 Å². The van der Waals surface area contributed by atoms with Crippen molar-refractivity contribution in [3.05, 3.63) is 23.8 Å². The number of nitrogens with zero attached hydrogens (tertiary/aromatic N) is 1. The number of ether oxygens (including phenoxy) is 1. The van der Waals surface area contributed by atoms with Crippen molar-refractivity contribution in [2.75, 3.05) is 38.5 Å². The Bertz CT molecular complexity index is 459. The van der Waals surface area contributed by atoms with Gasteiger partial charge < -0.3 is 20.7 Å². The largest absolute Gasteiger partial charge is 0.491 e. The fourth-order valence-corrected chi connectivity index (χ4v) is 2.10. The molecule has 0 aromatic heterocycles. The maximum absolute atomic E-state index is 12.2. The third-order valence-electron chi connectivity index (χ3n) is 3.64. The zero-order valence-corrected chi connectivity index (χ0v) is 14.0. The van der Waals surface area contributed by atoms with Crippen LogP contribution in [0.15, 0.2) is 18.2 Å². The predicted molar refractivity (Wildman–Crippen MR) is 91.4 cm³/mol. The number of amides is 1. The van der Waals surface area contributed by atoms with E-state index in [-0.39, 0.29) is 5.91 Å². The second-order valence-corrected chi connectivity index (χ2v) is 5.24. The van der Waals surface area contributed by atoms with Gasteiger partial charge in [0.2, 0.25) is 0 Å². The number of rotatable bonds is 10. The summed E-state index contributed by atoms with van der Waals surface area (Å²) in [5.74, 6) is 0.498. The standard InChI is InChI=1S/C17H29N3O2/c1-4-7-12-22-16-13-14(8-9-15(16)18)17(21)19-10-11-20(5-2)6-3/h8-9,13H,4-7,10-12,18H2,1-3H3,(H,19,21). The van der Waals surface area contributed by atoms with Crippen LogP contribution in [0.5, 0.6) is 5.75 Å². The lowest BCUT2D eigenvalue weighted by atomic mass is 10.1. The van der Waals surface area contributed by atoms with Gasteiger partial charge in [0.1, 0.15) is 5.75 Å². The lowest BCUT2D eigenvalue weighted by Gasteiger charge is -2.18. The van der Waals surface area contributed by atoms with E-state index in [9.17, 15) is 4.79 Å². The number of unbranched alkanes of at least 4 members (excludes halogenated alkanes) is 1. The van der Waals surface area contributed by atoms with Crippen LogP contribution in [-0.2, 0) is 0 Å². The first-order chi connectivity index (χ1) is 10.6. The molecule has 0 radical (unpaired) electrons. The number of benzene rings is 1. The van der Waals surface area contributed by atoms with Gasteiger partial charge in [0.25, 0.3) is 5.91 Å². The van der Waals surface area contributed by atoms with Crippen LogP contribution in [0, 0.1) is 0 Å². The van der Waals surface area contributed by atoms with Crippen molar-refractivity contribution in [2.24, 2.45) is 0 Å². The molecule has 22 heavy (non-hydrogen) atoms. The lowest BCUT2D eigenvalue weighted by Crippen LogP contribution is -2.34. The van der Waals surface area contributed by atoms with Crippen molar-refractivity contribution in [2.45, 2.75) is 33.6 Å². The lowest BCUT2D eigenvalue weighted by molar-refractivity contribution is 0.0948. The van der Waals surface area contributed by atoms with E-state index in [2.05, 4.69) is 31.0 Å². The van der Waals surface area contributed by atoms with Crippen molar-refractivity contribution < 1.29 is 9.53 Å². The Balaban J connectivity index is 2.56. The normalized spacial score (nSPS) is 10.7. The van der Waals surface area contributed by atoms with E-state index in [4.69, 9.17) is 10.5 Å². The molecule has 1 rings (SSSR count). The number of hydrogen-bond acceptors (Lipinski definition) is 4. The third kappa shape index (κ3) is 5.93. The van der Waals surface area contributed by atoms with Crippen LogP contribution in [0.3, 0.4) is 0 Å². The molecule has 0 atom stereocenters. The first-order valence-electron chi connectivity index (χ1n) is 8.15. The van der Waals surface area contributed by atoms with Crippen LogP contribution in [0.25, 0.3) is 0 Å². The number of nitrogens with two attached hydrogens (primary N) is 1. The highest BCUT2D eigenvalue weighted by Crippen LogP contribution is 2.23. The Morgan fingerprint density at radius 3 is 2.64 bits per heavy atom. The van der Waals surface area contributed by atoms with Gasteiger partial charge in [-0.25, -0.2) is 0 Å². The van der Waals surface area contributed by atoms with E-state index in [1.54, 1.807) is 18.2 Å². The Labute approximate surface area is 133 Å². The molecular weight excluding hydrogens is 278 g/mol. The average molecular weight is 307 g/mol. The zero-order chi connectivity index (χ0) is 16.4. The van der Waals surface area contributed by atoms with Gasteiger partial charge in [-0.05, 0) is 37.7 Å². The number of hydrogen-bond donors (Lipinski definition) is 2. The van der Waals surface area contributed by atoms with Crippen LogP contribution < -0.4 is 15.8 Å². The van der Waals surface area contributed by atoms with Crippen molar-refractivity contribution >= 4 is 11.6 Å². The molecule has 0 unspecified atom stereocenters. The molecular formula is C17H29N3O2. The fourth-order valence-electron chi connectivity index (χ4n) is 2.10.